The highest BCUT2D eigenvalue weighted by Crippen LogP contribution is 2.31. The van der Waals surface area contributed by atoms with E-state index < -0.39 is 5.82 Å². The van der Waals surface area contributed by atoms with E-state index in [-0.39, 0.29) is 30.2 Å². The van der Waals surface area contributed by atoms with Crippen LogP contribution in [0.25, 0.3) is 0 Å². The molecule has 2 atom stereocenters. The number of carbonyl (C=O) groups is 1. The summed E-state index contributed by atoms with van der Waals surface area (Å²) >= 11 is 0. The molecule has 0 bridgehead atoms. The summed E-state index contributed by atoms with van der Waals surface area (Å²) in [7, 11) is 3.42. The molecule has 2 heterocycles. The van der Waals surface area contributed by atoms with Crippen LogP contribution in [0.3, 0.4) is 0 Å². The summed E-state index contributed by atoms with van der Waals surface area (Å²) in [6, 6.07) is 4.07. The second-order valence-corrected chi connectivity index (χ2v) is 6.29. The highest BCUT2D eigenvalue weighted by molar-refractivity contribution is 5.95. The first-order valence-electron chi connectivity index (χ1n) is 8.50. The topological polar surface area (TPSA) is 77.4 Å². The van der Waals surface area contributed by atoms with Crippen molar-refractivity contribution < 1.29 is 18.7 Å². The van der Waals surface area contributed by atoms with Crippen molar-refractivity contribution in [3.05, 3.63) is 42.0 Å². The van der Waals surface area contributed by atoms with Crippen LogP contribution < -0.4 is 15.4 Å². The van der Waals surface area contributed by atoms with Crippen LogP contribution in [-0.2, 0) is 16.6 Å². The van der Waals surface area contributed by atoms with E-state index in [0.717, 1.165) is 5.56 Å². The Labute approximate surface area is 163 Å². The van der Waals surface area contributed by atoms with E-state index in [9.17, 15) is 9.18 Å². The molecule has 0 radical (unpaired) electrons. The highest BCUT2D eigenvalue weighted by Gasteiger charge is 2.35. The zero-order chi connectivity index (χ0) is 18.5. The first kappa shape index (κ1) is 21.1. The number of halogens is 2. The van der Waals surface area contributed by atoms with Crippen molar-refractivity contribution in [1.29, 1.82) is 0 Å². The minimum Gasteiger partial charge on any atom is -0.489 e. The van der Waals surface area contributed by atoms with Crippen molar-refractivity contribution in [3.8, 4) is 5.75 Å². The molecule has 1 amide bonds. The predicted molar refractivity (Wildman–Crippen MR) is 102 cm³/mol. The lowest BCUT2D eigenvalue weighted by molar-refractivity contribution is -0.119. The van der Waals surface area contributed by atoms with Crippen LogP contribution in [0.4, 0.5) is 10.1 Å². The molecule has 0 spiro atoms. The second kappa shape index (κ2) is 9.68. The minimum absolute atomic E-state index is 0. The third-order valence-electron chi connectivity index (χ3n) is 4.45. The number of nitrogens with zero attached hydrogens (tertiary/aromatic N) is 2. The van der Waals surface area contributed by atoms with Gasteiger partial charge in [0.25, 0.3) is 0 Å². The maximum absolute atomic E-state index is 13.7. The van der Waals surface area contributed by atoms with Crippen molar-refractivity contribution in [2.75, 3.05) is 38.7 Å². The Bertz CT molecular complexity index is 771. The summed E-state index contributed by atoms with van der Waals surface area (Å²) in [5.41, 5.74) is 1.33. The molecular formula is C18H24ClFN4O3. The molecule has 0 unspecified atom stereocenters. The number of nitrogens with one attached hydrogen (secondary N) is 2. The number of carbonyl (C=O) groups excluding carboxylic acids is 1. The molecule has 1 aromatic heterocycles. The predicted octanol–water partition coefficient (Wildman–Crippen LogP) is 1.95. The van der Waals surface area contributed by atoms with Gasteiger partial charge >= 0.3 is 0 Å². The molecule has 0 aliphatic carbocycles. The number of aryl methyl sites for hydroxylation is 1. The third-order valence-corrected chi connectivity index (χ3v) is 4.45. The number of ether oxygens (including phenoxy) is 2. The molecule has 1 aliphatic heterocycles. The first-order chi connectivity index (χ1) is 12.6. The van der Waals surface area contributed by atoms with E-state index in [2.05, 4.69) is 15.7 Å². The van der Waals surface area contributed by atoms with Crippen molar-refractivity contribution in [2.24, 2.45) is 13.0 Å². The molecule has 148 valence electrons. The number of benzene rings is 1. The Morgan fingerprint density at radius 1 is 1.41 bits per heavy atom. The molecular weight excluding hydrogens is 375 g/mol. The molecule has 7 nitrogen and oxygen atoms in total. The van der Waals surface area contributed by atoms with E-state index in [1.807, 2.05) is 13.2 Å². The van der Waals surface area contributed by atoms with Crippen molar-refractivity contribution in [1.82, 2.24) is 15.1 Å². The van der Waals surface area contributed by atoms with Gasteiger partial charge in [-0.05, 0) is 17.7 Å². The number of methoxy groups -OCH3 is 1. The minimum atomic E-state index is -0.437. The molecule has 2 N–H and O–H groups in total. The van der Waals surface area contributed by atoms with Crippen LogP contribution in [0, 0.1) is 11.7 Å². The van der Waals surface area contributed by atoms with Crippen LogP contribution in [0.5, 0.6) is 5.75 Å². The van der Waals surface area contributed by atoms with Crippen molar-refractivity contribution in [2.45, 2.75) is 5.92 Å². The zero-order valence-corrected chi connectivity index (χ0v) is 16.1. The summed E-state index contributed by atoms with van der Waals surface area (Å²) in [5.74, 6) is -0.441. The zero-order valence-electron chi connectivity index (χ0n) is 15.3. The third kappa shape index (κ3) is 5.18. The molecule has 0 saturated carbocycles. The van der Waals surface area contributed by atoms with Crippen molar-refractivity contribution in [3.63, 3.8) is 0 Å². The molecule has 1 aliphatic rings. The van der Waals surface area contributed by atoms with E-state index in [4.69, 9.17) is 9.47 Å². The van der Waals surface area contributed by atoms with Gasteiger partial charge in [-0.2, -0.15) is 5.10 Å². The van der Waals surface area contributed by atoms with E-state index in [1.54, 1.807) is 18.0 Å². The first-order valence-corrected chi connectivity index (χ1v) is 8.50. The summed E-state index contributed by atoms with van der Waals surface area (Å²) in [6.07, 6.45) is 3.69. The molecule has 27 heavy (non-hydrogen) atoms. The molecule has 9 heteroatoms. The molecule has 1 aromatic carbocycles. The SMILES string of the molecule is COCCOc1ccc(F)cc1NC(=O)[C@H]1CNC[C@@H]1c1cnn(C)c1.Cl. The summed E-state index contributed by atoms with van der Waals surface area (Å²) in [5, 5.41) is 10.2. The number of aromatic nitrogens is 2. The summed E-state index contributed by atoms with van der Waals surface area (Å²) in [6.45, 7) is 1.97. The van der Waals surface area contributed by atoms with Crippen LogP contribution in [0.1, 0.15) is 11.5 Å². The lowest BCUT2D eigenvalue weighted by atomic mass is 9.90. The van der Waals surface area contributed by atoms with Crippen molar-refractivity contribution >= 4 is 24.0 Å². The number of anilines is 1. The van der Waals surface area contributed by atoms with Gasteiger partial charge in [-0.25, -0.2) is 4.39 Å². The average molecular weight is 399 g/mol. The monoisotopic (exact) mass is 398 g/mol. The largest absolute Gasteiger partial charge is 0.489 e. The Morgan fingerprint density at radius 3 is 2.93 bits per heavy atom. The van der Waals surface area contributed by atoms with Crippen LogP contribution in [0.15, 0.2) is 30.6 Å². The lowest BCUT2D eigenvalue weighted by Gasteiger charge is -2.18. The fraction of sp³-hybridized carbons (Fsp3) is 0.444. The maximum atomic E-state index is 13.7. The Morgan fingerprint density at radius 2 is 2.22 bits per heavy atom. The fourth-order valence-electron chi connectivity index (χ4n) is 3.12. The van der Waals surface area contributed by atoms with Gasteiger partial charge in [0.1, 0.15) is 18.2 Å². The van der Waals surface area contributed by atoms with Gasteiger partial charge < -0.3 is 20.1 Å². The smallest absolute Gasteiger partial charge is 0.229 e. The quantitative estimate of drug-likeness (QED) is 0.697. The van der Waals surface area contributed by atoms with E-state index >= 15 is 0 Å². The van der Waals surface area contributed by atoms with Gasteiger partial charge in [-0.1, -0.05) is 0 Å². The number of amides is 1. The summed E-state index contributed by atoms with van der Waals surface area (Å²) in [4.78, 5) is 12.8. The Kier molecular flexibility index (Phi) is 7.58. The standard InChI is InChI=1S/C18H23FN4O3.ClH/c1-23-11-12(8-21-23)14-9-20-10-15(14)18(24)22-16-7-13(19)3-4-17(16)26-6-5-25-2;/h3-4,7-8,11,14-15,20H,5-6,9-10H2,1-2H3,(H,22,24);1H/t14-,15+;/m1./s1. The van der Waals surface area contributed by atoms with Gasteiger partial charge in [0, 0.05) is 45.4 Å². The Hall–Kier alpha value is -2.16. The second-order valence-electron chi connectivity index (χ2n) is 6.29. The Balaban J connectivity index is 0.00000261. The average Bonchev–Trinajstić information content (AvgIpc) is 3.25. The lowest BCUT2D eigenvalue weighted by Crippen LogP contribution is -2.28. The fourth-order valence-corrected chi connectivity index (χ4v) is 3.12. The van der Waals surface area contributed by atoms with Gasteiger partial charge in [-0.3, -0.25) is 9.48 Å². The molecule has 1 saturated heterocycles. The molecule has 2 aromatic rings. The molecule has 3 rings (SSSR count). The van der Waals surface area contributed by atoms with E-state index in [0.29, 0.717) is 37.7 Å². The van der Waals surface area contributed by atoms with Gasteiger partial charge in [-0.15, -0.1) is 12.4 Å². The van der Waals surface area contributed by atoms with Crippen LogP contribution in [-0.4, -0.2) is 49.1 Å². The van der Waals surface area contributed by atoms with Gasteiger partial charge in [0.2, 0.25) is 5.91 Å². The number of hydrogen-bond acceptors (Lipinski definition) is 5. The normalized spacial score (nSPS) is 18.8. The number of rotatable bonds is 7. The van der Waals surface area contributed by atoms with Gasteiger partial charge in [0.15, 0.2) is 0 Å². The molecule has 1 fully saturated rings. The number of hydrogen-bond donors (Lipinski definition) is 2. The van der Waals surface area contributed by atoms with Crippen LogP contribution >= 0.6 is 12.4 Å². The summed E-state index contributed by atoms with van der Waals surface area (Å²) < 4.78 is 25.9. The van der Waals surface area contributed by atoms with Gasteiger partial charge in [0.05, 0.1) is 24.4 Å². The highest BCUT2D eigenvalue weighted by atomic mass is 35.5. The van der Waals surface area contributed by atoms with Crippen LogP contribution in [0.2, 0.25) is 0 Å². The maximum Gasteiger partial charge on any atom is 0.229 e. The van der Waals surface area contributed by atoms with E-state index in [1.165, 1.54) is 18.2 Å².